The minimum Gasteiger partial charge on any atom is -0.381 e. The van der Waals surface area contributed by atoms with Crippen LogP contribution in [0.3, 0.4) is 0 Å². The van der Waals surface area contributed by atoms with Crippen molar-refractivity contribution in [3.05, 3.63) is 0 Å². The van der Waals surface area contributed by atoms with Gasteiger partial charge in [-0.1, -0.05) is 0 Å². The lowest BCUT2D eigenvalue weighted by molar-refractivity contribution is 0.0202. The van der Waals surface area contributed by atoms with E-state index in [-0.39, 0.29) is 6.03 Å². The van der Waals surface area contributed by atoms with E-state index in [9.17, 15) is 4.79 Å². The van der Waals surface area contributed by atoms with Crippen molar-refractivity contribution >= 4 is 6.03 Å². The van der Waals surface area contributed by atoms with E-state index in [4.69, 9.17) is 9.47 Å². The van der Waals surface area contributed by atoms with Crippen molar-refractivity contribution in [1.82, 2.24) is 15.1 Å². The van der Waals surface area contributed by atoms with Crippen LogP contribution in [-0.4, -0.2) is 81.0 Å². The molecule has 4 aliphatic rings. The first-order valence-corrected chi connectivity index (χ1v) is 9.25. The van der Waals surface area contributed by atoms with Gasteiger partial charge in [0.2, 0.25) is 0 Å². The molecule has 0 spiro atoms. The average molecular weight is 325 g/mol. The van der Waals surface area contributed by atoms with Gasteiger partial charge >= 0.3 is 6.03 Å². The number of fused-ring (bicyclic) bond motifs is 4. The van der Waals surface area contributed by atoms with Gasteiger partial charge in [-0.25, -0.2) is 4.79 Å². The highest BCUT2D eigenvalue weighted by Gasteiger charge is 2.31. The summed E-state index contributed by atoms with van der Waals surface area (Å²) in [7, 11) is 0. The van der Waals surface area contributed by atoms with Gasteiger partial charge in [0.15, 0.2) is 0 Å². The Kier molecular flexibility index (Phi) is 6.54. The number of nitrogens with zero attached hydrogens (tertiary/aromatic N) is 2. The SMILES string of the molecule is O=C(NCCCOCC1CCOCC1)N1CCN2CCC1CC2. The summed E-state index contributed by atoms with van der Waals surface area (Å²) in [4.78, 5) is 16.9. The Balaban J connectivity index is 1.26. The first-order valence-electron chi connectivity index (χ1n) is 9.25. The quantitative estimate of drug-likeness (QED) is 0.748. The Labute approximate surface area is 139 Å². The number of amides is 2. The summed E-state index contributed by atoms with van der Waals surface area (Å²) >= 11 is 0. The van der Waals surface area contributed by atoms with Crippen LogP contribution in [-0.2, 0) is 9.47 Å². The highest BCUT2D eigenvalue weighted by atomic mass is 16.5. The second kappa shape index (κ2) is 8.85. The molecule has 0 saturated carbocycles. The fourth-order valence-corrected chi connectivity index (χ4v) is 3.79. The lowest BCUT2D eigenvalue weighted by atomic mass is 10.0. The summed E-state index contributed by atoms with van der Waals surface area (Å²) in [6.45, 7) is 8.21. The molecule has 4 rings (SSSR count). The molecule has 2 amide bonds. The normalized spacial score (nSPS) is 28.6. The summed E-state index contributed by atoms with van der Waals surface area (Å²) in [6, 6.07) is 0.557. The van der Waals surface area contributed by atoms with Gasteiger partial charge in [-0.05, 0) is 38.0 Å². The molecule has 23 heavy (non-hydrogen) atoms. The smallest absolute Gasteiger partial charge is 0.317 e. The minimum atomic E-state index is 0.114. The molecule has 6 nitrogen and oxygen atoms in total. The molecule has 4 heterocycles. The minimum absolute atomic E-state index is 0.114. The second-order valence-electron chi connectivity index (χ2n) is 6.98. The van der Waals surface area contributed by atoms with Crippen molar-refractivity contribution in [2.24, 2.45) is 5.92 Å². The van der Waals surface area contributed by atoms with E-state index in [0.29, 0.717) is 18.5 Å². The number of carbonyl (C=O) groups excluding carboxylic acids is 1. The number of hydrogen-bond donors (Lipinski definition) is 1. The lowest BCUT2D eigenvalue weighted by Gasteiger charge is -2.31. The Morgan fingerprint density at radius 3 is 2.65 bits per heavy atom. The Morgan fingerprint density at radius 1 is 1.09 bits per heavy atom. The van der Waals surface area contributed by atoms with Crippen LogP contribution in [0.1, 0.15) is 32.1 Å². The number of rotatable bonds is 6. The van der Waals surface area contributed by atoms with Gasteiger partial charge in [-0.2, -0.15) is 0 Å². The maximum absolute atomic E-state index is 12.4. The van der Waals surface area contributed by atoms with Gasteiger partial charge in [0.05, 0.1) is 0 Å². The first-order chi connectivity index (χ1) is 11.3. The maximum atomic E-state index is 12.4. The highest BCUT2D eigenvalue weighted by molar-refractivity contribution is 5.74. The van der Waals surface area contributed by atoms with Crippen LogP contribution in [0.4, 0.5) is 4.79 Å². The van der Waals surface area contributed by atoms with Crippen molar-refractivity contribution in [3.63, 3.8) is 0 Å². The molecule has 4 fully saturated rings. The fraction of sp³-hybridized carbons (Fsp3) is 0.941. The summed E-state index contributed by atoms with van der Waals surface area (Å²) in [5.41, 5.74) is 0. The number of piperidine rings is 1. The van der Waals surface area contributed by atoms with Gasteiger partial charge in [-0.15, -0.1) is 0 Å². The van der Waals surface area contributed by atoms with Gasteiger partial charge in [0.25, 0.3) is 0 Å². The highest BCUT2D eigenvalue weighted by Crippen LogP contribution is 2.20. The van der Waals surface area contributed by atoms with Crippen LogP contribution in [0.5, 0.6) is 0 Å². The predicted molar refractivity (Wildman–Crippen MR) is 88.5 cm³/mol. The number of urea groups is 1. The van der Waals surface area contributed by atoms with Crippen LogP contribution in [0.15, 0.2) is 0 Å². The van der Waals surface area contributed by atoms with Gasteiger partial charge in [0, 0.05) is 65.2 Å². The van der Waals surface area contributed by atoms with E-state index in [0.717, 1.165) is 84.7 Å². The molecular formula is C17H31N3O3. The van der Waals surface area contributed by atoms with E-state index >= 15 is 0 Å². The zero-order valence-electron chi connectivity index (χ0n) is 14.2. The Hall–Kier alpha value is -0.850. The van der Waals surface area contributed by atoms with Gasteiger partial charge < -0.3 is 24.6 Å². The molecule has 4 saturated heterocycles. The van der Waals surface area contributed by atoms with E-state index in [2.05, 4.69) is 15.1 Å². The van der Waals surface area contributed by atoms with Crippen LogP contribution in [0.25, 0.3) is 0 Å². The molecule has 0 aromatic carbocycles. The fourth-order valence-electron chi connectivity index (χ4n) is 3.79. The van der Waals surface area contributed by atoms with Crippen LogP contribution in [0, 0.1) is 5.92 Å². The summed E-state index contributed by atoms with van der Waals surface area (Å²) in [6.07, 6.45) is 5.37. The number of ether oxygens (including phenoxy) is 2. The maximum Gasteiger partial charge on any atom is 0.317 e. The van der Waals surface area contributed by atoms with E-state index in [1.807, 2.05) is 0 Å². The molecule has 0 unspecified atom stereocenters. The molecule has 0 aromatic heterocycles. The van der Waals surface area contributed by atoms with Crippen LogP contribution >= 0.6 is 0 Å². The van der Waals surface area contributed by atoms with E-state index in [1.54, 1.807) is 0 Å². The third-order valence-corrected chi connectivity index (χ3v) is 5.35. The Bertz CT molecular complexity index is 366. The molecule has 0 radical (unpaired) electrons. The number of carbonyl (C=O) groups is 1. The molecule has 1 N–H and O–H groups in total. The number of nitrogens with one attached hydrogen (secondary N) is 1. The van der Waals surface area contributed by atoms with E-state index < -0.39 is 0 Å². The topological polar surface area (TPSA) is 54.0 Å². The van der Waals surface area contributed by atoms with E-state index in [1.165, 1.54) is 0 Å². The largest absolute Gasteiger partial charge is 0.381 e. The lowest BCUT2D eigenvalue weighted by Crippen LogP contribution is -2.47. The first kappa shape index (κ1) is 17.0. The molecule has 132 valence electrons. The van der Waals surface area contributed by atoms with Crippen molar-refractivity contribution in [2.75, 3.05) is 59.2 Å². The molecule has 0 aromatic rings. The van der Waals surface area contributed by atoms with Crippen molar-refractivity contribution in [3.8, 4) is 0 Å². The van der Waals surface area contributed by atoms with Crippen molar-refractivity contribution in [2.45, 2.75) is 38.1 Å². The molecular weight excluding hydrogens is 294 g/mol. The predicted octanol–water partition coefficient (Wildman–Crippen LogP) is 1.31. The number of hydrogen-bond acceptors (Lipinski definition) is 4. The van der Waals surface area contributed by atoms with Crippen molar-refractivity contribution < 1.29 is 14.3 Å². The van der Waals surface area contributed by atoms with Crippen molar-refractivity contribution in [1.29, 1.82) is 0 Å². The molecule has 4 aliphatic heterocycles. The zero-order valence-corrected chi connectivity index (χ0v) is 14.2. The molecule has 0 aliphatic carbocycles. The molecule has 0 atom stereocenters. The summed E-state index contributed by atoms with van der Waals surface area (Å²) in [5.74, 6) is 0.653. The van der Waals surface area contributed by atoms with Gasteiger partial charge in [-0.3, -0.25) is 0 Å². The third kappa shape index (κ3) is 5.06. The standard InChI is InChI=1S/C17H31N3O3/c21-17(20-10-9-19-7-2-16(20)3-8-19)18-6-1-11-23-14-15-4-12-22-13-5-15/h15-16H,1-14H2,(H,18,21). The molecule has 6 heteroatoms. The summed E-state index contributed by atoms with van der Waals surface area (Å²) < 4.78 is 11.1. The third-order valence-electron chi connectivity index (χ3n) is 5.35. The second-order valence-corrected chi connectivity index (χ2v) is 6.98. The van der Waals surface area contributed by atoms with Crippen LogP contribution in [0.2, 0.25) is 0 Å². The molecule has 2 bridgehead atoms. The summed E-state index contributed by atoms with van der Waals surface area (Å²) in [5, 5.41) is 3.07. The van der Waals surface area contributed by atoms with Crippen LogP contribution < -0.4 is 5.32 Å². The average Bonchev–Trinajstić information content (AvgIpc) is 2.92. The zero-order chi connectivity index (χ0) is 15.9. The Morgan fingerprint density at radius 2 is 1.87 bits per heavy atom. The van der Waals surface area contributed by atoms with Gasteiger partial charge in [0.1, 0.15) is 0 Å². The monoisotopic (exact) mass is 325 g/mol.